The molecule has 142 valence electrons. The zero-order valence-corrected chi connectivity index (χ0v) is 15.7. The monoisotopic (exact) mass is 395 g/mol. The van der Waals surface area contributed by atoms with Gasteiger partial charge in [-0.05, 0) is 35.9 Å². The first-order valence-electron chi connectivity index (χ1n) is 8.86. The first kappa shape index (κ1) is 18.2. The summed E-state index contributed by atoms with van der Waals surface area (Å²) in [5, 5.41) is 7.52. The quantitative estimate of drug-likeness (QED) is 0.720. The van der Waals surface area contributed by atoms with E-state index in [0.29, 0.717) is 29.5 Å². The van der Waals surface area contributed by atoms with Gasteiger partial charge in [-0.15, -0.1) is 0 Å². The lowest BCUT2D eigenvalue weighted by Crippen LogP contribution is -2.28. The lowest BCUT2D eigenvalue weighted by atomic mass is 10.1. The third-order valence-electron chi connectivity index (χ3n) is 4.65. The highest BCUT2D eigenvalue weighted by Crippen LogP contribution is 2.28. The van der Waals surface area contributed by atoms with E-state index in [1.807, 2.05) is 30.3 Å². The standard InChI is InChI=1S/C20H18ClN5O2/c21-16-2-1-3-18(9-16)26-11-15(8-19(26)27)20(28)24-17-6-4-14(5-7-17)10-25-13-22-12-23-25/h1-7,9,12-13,15H,8,10-11H2,(H,24,28)/t15-/m0/s1. The molecule has 1 aromatic heterocycles. The molecule has 0 aliphatic carbocycles. The van der Waals surface area contributed by atoms with Crippen molar-refractivity contribution < 1.29 is 9.59 Å². The summed E-state index contributed by atoms with van der Waals surface area (Å²) in [7, 11) is 0. The molecule has 1 aliphatic heterocycles. The molecular formula is C20H18ClN5O2. The summed E-state index contributed by atoms with van der Waals surface area (Å²) in [5.74, 6) is -0.645. The van der Waals surface area contributed by atoms with Gasteiger partial charge < -0.3 is 10.2 Å². The summed E-state index contributed by atoms with van der Waals surface area (Å²) in [6.07, 6.45) is 3.32. The Hall–Kier alpha value is -3.19. The third kappa shape index (κ3) is 4.04. The van der Waals surface area contributed by atoms with Crippen LogP contribution in [0.4, 0.5) is 11.4 Å². The van der Waals surface area contributed by atoms with Crippen molar-refractivity contribution in [2.24, 2.45) is 5.92 Å². The van der Waals surface area contributed by atoms with Crippen molar-refractivity contribution in [3.8, 4) is 0 Å². The lowest BCUT2D eigenvalue weighted by molar-refractivity contribution is -0.122. The molecule has 2 heterocycles. The van der Waals surface area contributed by atoms with Crippen molar-refractivity contribution >= 4 is 34.8 Å². The second-order valence-electron chi connectivity index (χ2n) is 6.66. The Morgan fingerprint density at radius 1 is 1.21 bits per heavy atom. The van der Waals surface area contributed by atoms with Crippen LogP contribution >= 0.6 is 11.6 Å². The molecule has 28 heavy (non-hydrogen) atoms. The van der Waals surface area contributed by atoms with Crippen molar-refractivity contribution in [3.63, 3.8) is 0 Å². The van der Waals surface area contributed by atoms with Crippen molar-refractivity contribution in [2.75, 3.05) is 16.8 Å². The van der Waals surface area contributed by atoms with Gasteiger partial charge in [0.2, 0.25) is 11.8 Å². The number of nitrogens with one attached hydrogen (secondary N) is 1. The van der Waals surface area contributed by atoms with E-state index in [-0.39, 0.29) is 18.2 Å². The van der Waals surface area contributed by atoms with Gasteiger partial charge in [-0.3, -0.25) is 9.59 Å². The van der Waals surface area contributed by atoms with Crippen molar-refractivity contribution in [2.45, 2.75) is 13.0 Å². The van der Waals surface area contributed by atoms with Gasteiger partial charge in [-0.25, -0.2) is 9.67 Å². The Morgan fingerprint density at radius 3 is 2.75 bits per heavy atom. The molecule has 2 aromatic carbocycles. The minimum Gasteiger partial charge on any atom is -0.326 e. The fourth-order valence-electron chi connectivity index (χ4n) is 3.22. The molecule has 0 unspecified atom stereocenters. The van der Waals surface area contributed by atoms with Crippen LogP contribution in [0.5, 0.6) is 0 Å². The van der Waals surface area contributed by atoms with E-state index < -0.39 is 5.92 Å². The number of nitrogens with zero attached hydrogens (tertiary/aromatic N) is 4. The van der Waals surface area contributed by atoms with Crippen LogP contribution < -0.4 is 10.2 Å². The lowest BCUT2D eigenvalue weighted by Gasteiger charge is -2.17. The molecular weight excluding hydrogens is 378 g/mol. The van der Waals surface area contributed by atoms with Crippen LogP contribution in [0.25, 0.3) is 0 Å². The number of aromatic nitrogens is 3. The minimum atomic E-state index is -0.402. The molecule has 0 bridgehead atoms. The van der Waals surface area contributed by atoms with E-state index in [2.05, 4.69) is 15.4 Å². The molecule has 0 saturated carbocycles. The van der Waals surface area contributed by atoms with E-state index in [9.17, 15) is 9.59 Å². The van der Waals surface area contributed by atoms with Crippen LogP contribution in [0, 0.1) is 5.92 Å². The second kappa shape index (κ2) is 7.82. The van der Waals surface area contributed by atoms with Crippen LogP contribution in [0.2, 0.25) is 5.02 Å². The van der Waals surface area contributed by atoms with Crippen LogP contribution in [0.3, 0.4) is 0 Å². The number of rotatable bonds is 5. The summed E-state index contributed by atoms with van der Waals surface area (Å²) in [4.78, 5) is 30.5. The molecule has 4 rings (SSSR count). The molecule has 0 spiro atoms. The number of carbonyl (C=O) groups is 2. The highest BCUT2D eigenvalue weighted by atomic mass is 35.5. The van der Waals surface area contributed by atoms with Gasteiger partial charge in [0.25, 0.3) is 0 Å². The van der Waals surface area contributed by atoms with Crippen molar-refractivity contribution in [3.05, 3.63) is 71.8 Å². The SMILES string of the molecule is O=C(Nc1ccc(Cn2cncn2)cc1)[C@H]1CC(=O)N(c2cccc(Cl)c2)C1. The third-order valence-corrected chi connectivity index (χ3v) is 4.88. The number of hydrogen-bond donors (Lipinski definition) is 1. The number of halogens is 1. The maximum Gasteiger partial charge on any atom is 0.229 e. The van der Waals surface area contributed by atoms with Crippen LogP contribution in [0.1, 0.15) is 12.0 Å². The topological polar surface area (TPSA) is 80.1 Å². The molecule has 2 amide bonds. The van der Waals surface area contributed by atoms with Crippen molar-refractivity contribution in [1.82, 2.24) is 14.8 Å². The smallest absolute Gasteiger partial charge is 0.229 e. The van der Waals surface area contributed by atoms with E-state index in [4.69, 9.17) is 11.6 Å². The zero-order chi connectivity index (χ0) is 19.5. The Bertz CT molecular complexity index is 988. The molecule has 3 aromatic rings. The largest absolute Gasteiger partial charge is 0.326 e. The fraction of sp³-hybridized carbons (Fsp3) is 0.200. The summed E-state index contributed by atoms with van der Waals surface area (Å²) in [5.41, 5.74) is 2.46. The second-order valence-corrected chi connectivity index (χ2v) is 7.10. The number of hydrogen-bond acceptors (Lipinski definition) is 4. The minimum absolute atomic E-state index is 0.0782. The predicted octanol–water partition coefficient (Wildman–Crippen LogP) is 2.97. The normalized spacial score (nSPS) is 16.4. The van der Waals surface area contributed by atoms with E-state index in [0.717, 1.165) is 5.56 Å². The average Bonchev–Trinajstić information content (AvgIpc) is 3.33. The molecule has 7 nitrogen and oxygen atoms in total. The molecule has 1 aliphatic rings. The summed E-state index contributed by atoms with van der Waals surface area (Å²) >= 11 is 6.01. The Labute approximate surface area is 166 Å². The van der Waals surface area contributed by atoms with Crippen LogP contribution in [-0.4, -0.2) is 33.1 Å². The van der Waals surface area contributed by atoms with Gasteiger partial charge in [-0.1, -0.05) is 29.8 Å². The first-order valence-corrected chi connectivity index (χ1v) is 9.24. The average molecular weight is 396 g/mol. The maximum absolute atomic E-state index is 12.6. The summed E-state index contributed by atoms with van der Waals surface area (Å²) < 4.78 is 1.72. The van der Waals surface area contributed by atoms with Gasteiger partial charge in [0.05, 0.1) is 12.5 Å². The molecule has 1 N–H and O–H groups in total. The molecule has 8 heteroatoms. The Balaban J connectivity index is 1.38. The molecule has 1 fully saturated rings. The summed E-state index contributed by atoms with van der Waals surface area (Å²) in [6, 6.07) is 14.6. The van der Waals surface area contributed by atoms with Crippen LogP contribution in [-0.2, 0) is 16.1 Å². The van der Waals surface area contributed by atoms with Gasteiger partial charge in [-0.2, -0.15) is 5.10 Å². The summed E-state index contributed by atoms with van der Waals surface area (Å²) in [6.45, 7) is 0.954. The van der Waals surface area contributed by atoms with Gasteiger partial charge in [0.15, 0.2) is 0 Å². The Kier molecular flexibility index (Phi) is 5.08. The van der Waals surface area contributed by atoms with E-state index in [1.165, 1.54) is 6.33 Å². The van der Waals surface area contributed by atoms with Crippen LogP contribution in [0.15, 0.2) is 61.2 Å². The van der Waals surface area contributed by atoms with Gasteiger partial charge in [0.1, 0.15) is 12.7 Å². The van der Waals surface area contributed by atoms with Gasteiger partial charge >= 0.3 is 0 Å². The number of anilines is 2. The highest BCUT2D eigenvalue weighted by Gasteiger charge is 2.35. The maximum atomic E-state index is 12.6. The molecule has 1 atom stereocenters. The van der Waals surface area contributed by atoms with E-state index in [1.54, 1.807) is 34.1 Å². The number of carbonyl (C=O) groups excluding carboxylic acids is 2. The van der Waals surface area contributed by atoms with E-state index >= 15 is 0 Å². The Morgan fingerprint density at radius 2 is 2.04 bits per heavy atom. The fourth-order valence-corrected chi connectivity index (χ4v) is 3.40. The first-order chi connectivity index (χ1) is 13.6. The zero-order valence-electron chi connectivity index (χ0n) is 15.0. The van der Waals surface area contributed by atoms with Crippen molar-refractivity contribution in [1.29, 1.82) is 0 Å². The molecule has 1 saturated heterocycles. The molecule has 0 radical (unpaired) electrons. The number of benzene rings is 2. The van der Waals surface area contributed by atoms with Gasteiger partial charge in [0, 0.05) is 29.4 Å². The number of amides is 2. The predicted molar refractivity (Wildman–Crippen MR) is 106 cm³/mol. The highest BCUT2D eigenvalue weighted by molar-refractivity contribution is 6.31.